The molecule has 0 aliphatic carbocycles. The molecular formula is C12H14ClN5O. The number of nitrogens with zero attached hydrogens (tertiary/aromatic N) is 5. The van der Waals surface area contributed by atoms with Gasteiger partial charge in [0.2, 0.25) is 5.78 Å². The van der Waals surface area contributed by atoms with Crippen LogP contribution in [0.5, 0.6) is 0 Å². The summed E-state index contributed by atoms with van der Waals surface area (Å²) in [5, 5.41) is 4.47. The van der Waals surface area contributed by atoms with Crippen LogP contribution in [-0.4, -0.2) is 51.1 Å². The smallest absolute Gasteiger partial charge is 0.215 e. The minimum Gasteiger partial charge on any atom is -0.308 e. The third-order valence-electron chi connectivity index (χ3n) is 2.59. The van der Waals surface area contributed by atoms with Gasteiger partial charge in [0.15, 0.2) is 0 Å². The van der Waals surface area contributed by atoms with E-state index in [0.29, 0.717) is 22.8 Å². The first-order valence-electron chi connectivity index (χ1n) is 5.75. The van der Waals surface area contributed by atoms with Gasteiger partial charge in [-0.1, -0.05) is 11.6 Å². The van der Waals surface area contributed by atoms with Crippen LogP contribution in [0.15, 0.2) is 24.9 Å². The lowest BCUT2D eigenvalue weighted by molar-refractivity contribution is 0.102. The summed E-state index contributed by atoms with van der Waals surface area (Å²) in [6.07, 6.45) is 5.79. The number of aromatic nitrogens is 4. The molecule has 0 amide bonds. The number of rotatable bonds is 5. The second-order valence-corrected chi connectivity index (χ2v) is 4.73. The molecule has 2 heterocycles. The maximum atomic E-state index is 12.4. The molecule has 0 atom stereocenters. The van der Waals surface area contributed by atoms with Crippen LogP contribution >= 0.6 is 11.6 Å². The van der Waals surface area contributed by atoms with Crippen LogP contribution in [0, 0.1) is 0 Å². The van der Waals surface area contributed by atoms with E-state index in [2.05, 4.69) is 15.1 Å². The first-order chi connectivity index (χ1) is 9.09. The van der Waals surface area contributed by atoms with Gasteiger partial charge in [0.25, 0.3) is 0 Å². The standard InChI is InChI=1S/C12H14ClN5O/c1-17(2)3-4-18-11(10(13)7-16-18)12(19)9-5-14-8-15-6-9/h5-8H,3-4H2,1-2H3. The molecule has 6 nitrogen and oxygen atoms in total. The number of carbonyl (C=O) groups excluding carboxylic acids is 1. The normalized spacial score (nSPS) is 10.9. The van der Waals surface area contributed by atoms with Crippen molar-refractivity contribution in [3.05, 3.63) is 41.2 Å². The number of likely N-dealkylation sites (N-methyl/N-ethyl adjacent to an activating group) is 1. The summed E-state index contributed by atoms with van der Waals surface area (Å²) in [5.74, 6) is -0.221. The molecule has 2 aromatic rings. The number of halogens is 1. The Kier molecular flexibility index (Phi) is 4.24. The monoisotopic (exact) mass is 279 g/mol. The first kappa shape index (κ1) is 13.6. The van der Waals surface area contributed by atoms with Crippen molar-refractivity contribution in [1.82, 2.24) is 24.6 Å². The molecular weight excluding hydrogens is 266 g/mol. The number of ketones is 1. The second-order valence-electron chi connectivity index (χ2n) is 4.32. The Morgan fingerprint density at radius 2 is 2.00 bits per heavy atom. The lowest BCUT2D eigenvalue weighted by Crippen LogP contribution is -2.21. The van der Waals surface area contributed by atoms with E-state index in [-0.39, 0.29) is 5.78 Å². The van der Waals surface area contributed by atoms with Crippen LogP contribution in [0.25, 0.3) is 0 Å². The molecule has 0 N–H and O–H groups in total. The van der Waals surface area contributed by atoms with Crippen molar-refractivity contribution in [2.45, 2.75) is 6.54 Å². The Bertz CT molecular complexity index is 567. The predicted molar refractivity (Wildman–Crippen MR) is 71.3 cm³/mol. The van der Waals surface area contributed by atoms with Gasteiger partial charge in [-0.3, -0.25) is 9.48 Å². The van der Waals surface area contributed by atoms with Crippen LogP contribution in [0.2, 0.25) is 5.02 Å². The lowest BCUT2D eigenvalue weighted by atomic mass is 10.1. The Hall–Kier alpha value is -1.79. The van der Waals surface area contributed by atoms with Crippen molar-refractivity contribution in [2.24, 2.45) is 0 Å². The Labute approximate surface area is 116 Å². The molecule has 0 spiro atoms. The molecule has 0 saturated carbocycles. The van der Waals surface area contributed by atoms with Crippen molar-refractivity contribution in [2.75, 3.05) is 20.6 Å². The van der Waals surface area contributed by atoms with Crippen molar-refractivity contribution in [3.8, 4) is 0 Å². The zero-order valence-electron chi connectivity index (χ0n) is 10.7. The molecule has 2 rings (SSSR count). The lowest BCUT2D eigenvalue weighted by Gasteiger charge is -2.11. The van der Waals surface area contributed by atoms with Crippen LogP contribution in [-0.2, 0) is 6.54 Å². The van der Waals surface area contributed by atoms with Gasteiger partial charge < -0.3 is 4.90 Å². The van der Waals surface area contributed by atoms with E-state index in [1.54, 1.807) is 4.68 Å². The Morgan fingerprint density at radius 3 is 2.63 bits per heavy atom. The van der Waals surface area contributed by atoms with Gasteiger partial charge in [-0.2, -0.15) is 5.10 Å². The molecule has 0 bridgehead atoms. The minimum atomic E-state index is -0.221. The van der Waals surface area contributed by atoms with Gasteiger partial charge in [-0.05, 0) is 14.1 Å². The van der Waals surface area contributed by atoms with Gasteiger partial charge in [0.05, 0.1) is 23.3 Å². The summed E-state index contributed by atoms with van der Waals surface area (Å²) in [7, 11) is 3.91. The van der Waals surface area contributed by atoms with Gasteiger partial charge in [0, 0.05) is 18.9 Å². The Morgan fingerprint density at radius 1 is 1.32 bits per heavy atom. The average molecular weight is 280 g/mol. The number of hydrogen-bond acceptors (Lipinski definition) is 5. The van der Waals surface area contributed by atoms with E-state index < -0.39 is 0 Å². The summed E-state index contributed by atoms with van der Waals surface area (Å²) in [5.41, 5.74) is 0.773. The van der Waals surface area contributed by atoms with E-state index in [9.17, 15) is 4.79 Å². The van der Waals surface area contributed by atoms with E-state index in [4.69, 9.17) is 11.6 Å². The van der Waals surface area contributed by atoms with Crippen molar-refractivity contribution >= 4 is 17.4 Å². The summed E-state index contributed by atoms with van der Waals surface area (Å²) in [6, 6.07) is 0. The van der Waals surface area contributed by atoms with E-state index in [1.807, 2.05) is 19.0 Å². The molecule has 0 fully saturated rings. The van der Waals surface area contributed by atoms with Crippen molar-refractivity contribution in [3.63, 3.8) is 0 Å². The molecule has 2 aromatic heterocycles. The van der Waals surface area contributed by atoms with Gasteiger partial charge in [-0.15, -0.1) is 0 Å². The zero-order chi connectivity index (χ0) is 13.8. The third-order valence-corrected chi connectivity index (χ3v) is 2.87. The molecule has 100 valence electrons. The van der Waals surface area contributed by atoms with Gasteiger partial charge >= 0.3 is 0 Å². The average Bonchev–Trinajstić information content (AvgIpc) is 2.78. The summed E-state index contributed by atoms with van der Waals surface area (Å²) >= 11 is 6.05. The first-order valence-corrected chi connectivity index (χ1v) is 6.13. The van der Waals surface area contributed by atoms with Crippen molar-refractivity contribution < 1.29 is 4.79 Å². The molecule has 7 heteroatoms. The van der Waals surface area contributed by atoms with Crippen LogP contribution in [0.1, 0.15) is 16.1 Å². The summed E-state index contributed by atoms with van der Waals surface area (Å²) in [4.78, 5) is 22.0. The molecule has 0 radical (unpaired) electrons. The fourth-order valence-corrected chi connectivity index (χ4v) is 1.83. The maximum absolute atomic E-state index is 12.4. The van der Waals surface area contributed by atoms with E-state index >= 15 is 0 Å². The highest BCUT2D eigenvalue weighted by molar-refractivity contribution is 6.34. The van der Waals surface area contributed by atoms with E-state index in [1.165, 1.54) is 24.9 Å². The molecule has 0 aliphatic rings. The van der Waals surface area contributed by atoms with E-state index in [0.717, 1.165) is 6.54 Å². The Balaban J connectivity index is 2.29. The van der Waals surface area contributed by atoms with Gasteiger partial charge in [0.1, 0.15) is 12.0 Å². The quantitative estimate of drug-likeness (QED) is 0.768. The van der Waals surface area contributed by atoms with Crippen LogP contribution in [0.4, 0.5) is 0 Å². The number of carbonyl (C=O) groups is 1. The molecule has 0 unspecified atom stereocenters. The van der Waals surface area contributed by atoms with Crippen LogP contribution < -0.4 is 0 Å². The predicted octanol–water partition coefficient (Wildman–Crippen LogP) is 1.12. The molecule has 19 heavy (non-hydrogen) atoms. The maximum Gasteiger partial charge on any atom is 0.215 e. The molecule has 0 aliphatic heterocycles. The van der Waals surface area contributed by atoms with Gasteiger partial charge in [-0.25, -0.2) is 9.97 Å². The number of hydrogen-bond donors (Lipinski definition) is 0. The van der Waals surface area contributed by atoms with Crippen LogP contribution in [0.3, 0.4) is 0 Å². The second kappa shape index (κ2) is 5.90. The van der Waals surface area contributed by atoms with Crippen molar-refractivity contribution in [1.29, 1.82) is 0 Å². The highest BCUT2D eigenvalue weighted by Crippen LogP contribution is 2.18. The zero-order valence-corrected chi connectivity index (χ0v) is 11.5. The fraction of sp³-hybridized carbons (Fsp3) is 0.333. The molecule has 0 aromatic carbocycles. The molecule has 0 saturated heterocycles. The summed E-state index contributed by atoms with van der Waals surface area (Å²) in [6.45, 7) is 1.36. The highest BCUT2D eigenvalue weighted by atomic mass is 35.5. The largest absolute Gasteiger partial charge is 0.308 e. The topological polar surface area (TPSA) is 63.9 Å². The highest BCUT2D eigenvalue weighted by Gasteiger charge is 2.19. The SMILES string of the molecule is CN(C)CCn1ncc(Cl)c1C(=O)c1cncnc1. The minimum absolute atomic E-state index is 0.221. The third kappa shape index (κ3) is 3.15. The summed E-state index contributed by atoms with van der Waals surface area (Å²) < 4.78 is 1.61. The fourth-order valence-electron chi connectivity index (χ4n) is 1.61.